The van der Waals surface area contributed by atoms with Crippen LogP contribution in [-0.4, -0.2) is 25.7 Å². The van der Waals surface area contributed by atoms with Crippen LogP contribution >= 0.6 is 0 Å². The molecule has 0 bridgehead atoms. The fraction of sp³-hybridized carbons (Fsp3) is 0.267. The van der Waals surface area contributed by atoms with Crippen molar-refractivity contribution in [2.24, 2.45) is 0 Å². The molecular formula is C15H17FN2O. The van der Waals surface area contributed by atoms with Crippen LogP contribution in [0.3, 0.4) is 0 Å². The first-order valence-corrected chi connectivity index (χ1v) is 6.14. The lowest BCUT2D eigenvalue weighted by molar-refractivity contribution is 0.413. The number of methoxy groups -OCH3 is 1. The average molecular weight is 260 g/mol. The molecule has 0 N–H and O–H groups in total. The normalized spacial score (nSPS) is 10.3. The maximum Gasteiger partial charge on any atom is 0.142 e. The Kier molecular flexibility index (Phi) is 4.34. The Hall–Kier alpha value is -2.10. The Balaban J connectivity index is 2.07. The van der Waals surface area contributed by atoms with Crippen LogP contribution in [0.4, 0.5) is 10.1 Å². The van der Waals surface area contributed by atoms with Gasteiger partial charge in [0, 0.05) is 32.1 Å². The monoisotopic (exact) mass is 260 g/mol. The summed E-state index contributed by atoms with van der Waals surface area (Å²) in [5.41, 5.74) is 1.97. The molecule has 2 aromatic rings. The van der Waals surface area contributed by atoms with Gasteiger partial charge in [0.15, 0.2) is 0 Å². The second-order valence-electron chi connectivity index (χ2n) is 4.34. The minimum absolute atomic E-state index is 0.258. The molecule has 1 aromatic heterocycles. The molecule has 0 aliphatic heterocycles. The van der Waals surface area contributed by atoms with Crippen LogP contribution in [0.1, 0.15) is 5.56 Å². The highest BCUT2D eigenvalue weighted by Crippen LogP contribution is 2.28. The number of hydrogen-bond acceptors (Lipinski definition) is 3. The molecule has 0 amide bonds. The first-order valence-electron chi connectivity index (χ1n) is 6.14. The van der Waals surface area contributed by atoms with E-state index in [1.807, 2.05) is 24.1 Å². The third kappa shape index (κ3) is 3.44. The zero-order chi connectivity index (χ0) is 13.7. The van der Waals surface area contributed by atoms with Gasteiger partial charge in [-0.3, -0.25) is 4.98 Å². The van der Waals surface area contributed by atoms with Crippen molar-refractivity contribution in [3.63, 3.8) is 0 Å². The van der Waals surface area contributed by atoms with E-state index >= 15 is 0 Å². The largest absolute Gasteiger partial charge is 0.495 e. The van der Waals surface area contributed by atoms with E-state index in [2.05, 4.69) is 4.98 Å². The molecule has 0 aliphatic rings. The van der Waals surface area contributed by atoms with Crippen LogP contribution in [0.25, 0.3) is 0 Å². The number of halogens is 1. The van der Waals surface area contributed by atoms with Crippen molar-refractivity contribution in [1.29, 1.82) is 0 Å². The van der Waals surface area contributed by atoms with E-state index in [0.717, 1.165) is 18.7 Å². The van der Waals surface area contributed by atoms with Gasteiger partial charge in [0.1, 0.15) is 11.6 Å². The number of benzene rings is 1. The summed E-state index contributed by atoms with van der Waals surface area (Å²) in [6.45, 7) is 0.782. The third-order valence-corrected chi connectivity index (χ3v) is 3.04. The highest BCUT2D eigenvalue weighted by molar-refractivity contribution is 5.58. The molecule has 0 spiro atoms. The van der Waals surface area contributed by atoms with Crippen LogP contribution in [0.15, 0.2) is 42.7 Å². The van der Waals surface area contributed by atoms with Crippen molar-refractivity contribution >= 4 is 5.69 Å². The number of nitrogens with zero attached hydrogens (tertiary/aromatic N) is 2. The van der Waals surface area contributed by atoms with Gasteiger partial charge in [0.05, 0.1) is 12.8 Å². The lowest BCUT2D eigenvalue weighted by Gasteiger charge is -2.21. The molecule has 1 aromatic carbocycles. The molecule has 4 heteroatoms. The molecule has 0 saturated carbocycles. The van der Waals surface area contributed by atoms with Gasteiger partial charge in [-0.05, 0) is 36.2 Å². The van der Waals surface area contributed by atoms with Gasteiger partial charge in [0.25, 0.3) is 0 Å². The summed E-state index contributed by atoms with van der Waals surface area (Å²) < 4.78 is 18.6. The SMILES string of the molecule is COc1ccc(F)cc1N(C)CCc1ccncc1. The second kappa shape index (κ2) is 6.18. The minimum atomic E-state index is -0.258. The predicted molar refractivity (Wildman–Crippen MR) is 74.2 cm³/mol. The van der Waals surface area contributed by atoms with Gasteiger partial charge in [0.2, 0.25) is 0 Å². The van der Waals surface area contributed by atoms with E-state index in [4.69, 9.17) is 4.74 Å². The summed E-state index contributed by atoms with van der Waals surface area (Å²) in [7, 11) is 3.52. The number of anilines is 1. The average Bonchev–Trinajstić information content (AvgIpc) is 2.46. The maximum absolute atomic E-state index is 13.3. The molecule has 19 heavy (non-hydrogen) atoms. The van der Waals surface area contributed by atoms with E-state index < -0.39 is 0 Å². The van der Waals surface area contributed by atoms with E-state index in [1.165, 1.54) is 17.7 Å². The van der Waals surface area contributed by atoms with Crippen molar-refractivity contribution < 1.29 is 9.13 Å². The minimum Gasteiger partial charge on any atom is -0.495 e. The van der Waals surface area contributed by atoms with E-state index in [0.29, 0.717) is 5.75 Å². The molecular weight excluding hydrogens is 243 g/mol. The Bertz CT molecular complexity index is 531. The molecule has 0 fully saturated rings. The molecule has 0 aliphatic carbocycles. The second-order valence-corrected chi connectivity index (χ2v) is 4.34. The fourth-order valence-electron chi connectivity index (χ4n) is 1.93. The fourth-order valence-corrected chi connectivity index (χ4v) is 1.93. The number of hydrogen-bond donors (Lipinski definition) is 0. The van der Waals surface area contributed by atoms with Gasteiger partial charge in [-0.15, -0.1) is 0 Å². The van der Waals surface area contributed by atoms with Crippen LogP contribution in [0.2, 0.25) is 0 Å². The van der Waals surface area contributed by atoms with Gasteiger partial charge in [-0.1, -0.05) is 0 Å². The zero-order valence-electron chi connectivity index (χ0n) is 11.1. The third-order valence-electron chi connectivity index (χ3n) is 3.04. The highest BCUT2D eigenvalue weighted by atomic mass is 19.1. The lowest BCUT2D eigenvalue weighted by atomic mass is 10.2. The Morgan fingerprint density at radius 2 is 1.95 bits per heavy atom. The Labute approximate surface area is 112 Å². The standard InChI is InChI=1S/C15H17FN2O/c1-18(10-7-12-5-8-17-9-6-12)14-11-13(16)3-4-15(14)19-2/h3-6,8-9,11H,7,10H2,1-2H3. The Morgan fingerprint density at radius 1 is 1.21 bits per heavy atom. The number of aromatic nitrogens is 1. The number of likely N-dealkylation sites (N-methyl/N-ethyl adjacent to an activating group) is 1. The van der Waals surface area contributed by atoms with Crippen molar-refractivity contribution in [3.8, 4) is 5.75 Å². The number of rotatable bonds is 5. The van der Waals surface area contributed by atoms with Crippen LogP contribution in [-0.2, 0) is 6.42 Å². The summed E-state index contributed by atoms with van der Waals surface area (Å²) in [5, 5.41) is 0. The van der Waals surface area contributed by atoms with Gasteiger partial charge < -0.3 is 9.64 Å². The van der Waals surface area contributed by atoms with Crippen molar-refractivity contribution in [1.82, 2.24) is 4.98 Å². The molecule has 0 saturated heterocycles. The summed E-state index contributed by atoms with van der Waals surface area (Å²) in [6.07, 6.45) is 4.43. The first-order chi connectivity index (χ1) is 9.20. The van der Waals surface area contributed by atoms with E-state index in [9.17, 15) is 4.39 Å². The molecule has 0 radical (unpaired) electrons. The van der Waals surface area contributed by atoms with Crippen molar-refractivity contribution in [2.45, 2.75) is 6.42 Å². The summed E-state index contributed by atoms with van der Waals surface area (Å²) in [5.74, 6) is 0.421. The van der Waals surface area contributed by atoms with Crippen molar-refractivity contribution in [2.75, 3.05) is 25.6 Å². The smallest absolute Gasteiger partial charge is 0.142 e. The highest BCUT2D eigenvalue weighted by Gasteiger charge is 2.09. The maximum atomic E-state index is 13.3. The molecule has 0 unspecified atom stereocenters. The first kappa shape index (κ1) is 13.3. The van der Waals surface area contributed by atoms with Gasteiger partial charge in [-0.2, -0.15) is 0 Å². The zero-order valence-corrected chi connectivity index (χ0v) is 11.1. The summed E-state index contributed by atoms with van der Waals surface area (Å²) in [4.78, 5) is 5.97. The molecule has 100 valence electrons. The van der Waals surface area contributed by atoms with Gasteiger partial charge >= 0.3 is 0 Å². The summed E-state index contributed by atoms with van der Waals surface area (Å²) >= 11 is 0. The quantitative estimate of drug-likeness (QED) is 0.826. The Morgan fingerprint density at radius 3 is 2.63 bits per heavy atom. The topological polar surface area (TPSA) is 25.4 Å². The van der Waals surface area contributed by atoms with E-state index in [1.54, 1.807) is 25.6 Å². The molecule has 2 rings (SSSR count). The van der Waals surface area contributed by atoms with Crippen molar-refractivity contribution in [3.05, 3.63) is 54.1 Å². The van der Waals surface area contributed by atoms with E-state index in [-0.39, 0.29) is 5.82 Å². The lowest BCUT2D eigenvalue weighted by Crippen LogP contribution is -2.21. The van der Waals surface area contributed by atoms with Crippen LogP contribution < -0.4 is 9.64 Å². The number of ether oxygens (including phenoxy) is 1. The van der Waals surface area contributed by atoms with Crippen LogP contribution in [0, 0.1) is 5.82 Å². The van der Waals surface area contributed by atoms with Gasteiger partial charge in [-0.25, -0.2) is 4.39 Å². The summed E-state index contributed by atoms with van der Waals surface area (Å²) in [6, 6.07) is 8.51. The molecule has 0 atom stereocenters. The molecule has 3 nitrogen and oxygen atoms in total. The molecule has 1 heterocycles. The van der Waals surface area contributed by atoms with Crippen LogP contribution in [0.5, 0.6) is 5.75 Å². The predicted octanol–water partition coefficient (Wildman–Crippen LogP) is 2.91. The number of pyridine rings is 1.